The molecule has 0 saturated carbocycles. The molecule has 0 atom stereocenters. The van der Waals surface area contributed by atoms with Crippen molar-refractivity contribution in [3.63, 3.8) is 0 Å². The fourth-order valence-electron chi connectivity index (χ4n) is 1.33. The van der Waals surface area contributed by atoms with Gasteiger partial charge in [0.25, 0.3) is 0 Å². The lowest BCUT2D eigenvalue weighted by molar-refractivity contribution is -0.121. The summed E-state index contributed by atoms with van der Waals surface area (Å²) in [5.41, 5.74) is 0.863. The molecule has 7 heteroatoms. The summed E-state index contributed by atoms with van der Waals surface area (Å²) in [5, 5.41) is 13.8. The molecule has 1 heterocycles. The third-order valence-corrected chi connectivity index (χ3v) is 2.74. The number of amides is 1. The van der Waals surface area contributed by atoms with Crippen molar-refractivity contribution in [2.75, 3.05) is 7.05 Å². The summed E-state index contributed by atoms with van der Waals surface area (Å²) in [5.74, 6) is 0.428. The van der Waals surface area contributed by atoms with Crippen LogP contribution in [0.1, 0.15) is 0 Å². The van der Waals surface area contributed by atoms with E-state index in [1.165, 1.54) is 4.68 Å². The van der Waals surface area contributed by atoms with Gasteiger partial charge in [-0.1, -0.05) is 28.1 Å². The molecule has 0 spiro atoms. The molecular weight excluding hydrogens is 286 g/mol. The van der Waals surface area contributed by atoms with Crippen molar-refractivity contribution in [1.82, 2.24) is 25.5 Å². The van der Waals surface area contributed by atoms with E-state index in [0.29, 0.717) is 5.82 Å². The summed E-state index contributed by atoms with van der Waals surface area (Å²) < 4.78 is 2.44. The third-order valence-electron chi connectivity index (χ3n) is 2.21. The van der Waals surface area contributed by atoms with E-state index in [2.05, 4.69) is 36.8 Å². The van der Waals surface area contributed by atoms with Gasteiger partial charge in [0.15, 0.2) is 5.82 Å². The fraction of sp³-hybridized carbons (Fsp3) is 0.200. The zero-order valence-electron chi connectivity index (χ0n) is 9.09. The third kappa shape index (κ3) is 2.68. The van der Waals surface area contributed by atoms with E-state index in [9.17, 15) is 4.79 Å². The highest BCUT2D eigenvalue weighted by molar-refractivity contribution is 9.10. The van der Waals surface area contributed by atoms with Gasteiger partial charge in [-0.15, -0.1) is 5.10 Å². The number of rotatable bonds is 3. The Balaban J connectivity index is 2.30. The van der Waals surface area contributed by atoms with Crippen molar-refractivity contribution >= 4 is 21.8 Å². The number of aromatic nitrogens is 4. The fourth-order valence-corrected chi connectivity index (χ4v) is 1.60. The van der Waals surface area contributed by atoms with Gasteiger partial charge in [0, 0.05) is 17.1 Å². The van der Waals surface area contributed by atoms with Crippen LogP contribution < -0.4 is 5.32 Å². The Kier molecular flexibility index (Phi) is 3.48. The predicted octanol–water partition coefficient (Wildman–Crippen LogP) is 0.849. The van der Waals surface area contributed by atoms with Gasteiger partial charge in [0.05, 0.1) is 0 Å². The standard InChI is InChI=1S/C10H10BrN5O/c1-12-9(17)6-16-10(13-14-15-16)7-2-4-8(11)5-3-7/h2-5H,6H2,1H3,(H,12,17). The van der Waals surface area contributed by atoms with Crippen LogP contribution in [0.15, 0.2) is 28.7 Å². The molecule has 0 unspecified atom stereocenters. The summed E-state index contributed by atoms with van der Waals surface area (Å²) in [6.45, 7) is 0.106. The van der Waals surface area contributed by atoms with Gasteiger partial charge in [-0.3, -0.25) is 4.79 Å². The Morgan fingerprint density at radius 2 is 2.12 bits per heavy atom. The van der Waals surface area contributed by atoms with Crippen molar-refractivity contribution in [3.05, 3.63) is 28.7 Å². The molecule has 2 rings (SSSR count). The molecule has 1 N–H and O–H groups in total. The second-order valence-electron chi connectivity index (χ2n) is 3.34. The van der Waals surface area contributed by atoms with Gasteiger partial charge in [-0.25, -0.2) is 4.68 Å². The smallest absolute Gasteiger partial charge is 0.241 e. The molecule has 0 fully saturated rings. The van der Waals surface area contributed by atoms with E-state index in [1.807, 2.05) is 24.3 Å². The van der Waals surface area contributed by atoms with Crippen LogP contribution in [0.25, 0.3) is 11.4 Å². The maximum Gasteiger partial charge on any atom is 0.241 e. The summed E-state index contributed by atoms with van der Waals surface area (Å²) in [6.07, 6.45) is 0. The topological polar surface area (TPSA) is 72.7 Å². The van der Waals surface area contributed by atoms with Crippen LogP contribution in [0.3, 0.4) is 0 Å². The summed E-state index contributed by atoms with van der Waals surface area (Å²) in [4.78, 5) is 11.3. The summed E-state index contributed by atoms with van der Waals surface area (Å²) in [6, 6.07) is 7.56. The van der Waals surface area contributed by atoms with Crippen molar-refractivity contribution < 1.29 is 4.79 Å². The number of hydrogen-bond donors (Lipinski definition) is 1. The number of nitrogens with one attached hydrogen (secondary N) is 1. The number of carbonyl (C=O) groups is 1. The van der Waals surface area contributed by atoms with Crippen molar-refractivity contribution in [3.8, 4) is 11.4 Å². The lowest BCUT2D eigenvalue weighted by Crippen LogP contribution is -2.24. The van der Waals surface area contributed by atoms with E-state index in [-0.39, 0.29) is 12.5 Å². The van der Waals surface area contributed by atoms with E-state index in [0.717, 1.165) is 10.0 Å². The Bertz CT molecular complexity index is 522. The molecule has 6 nitrogen and oxygen atoms in total. The van der Waals surface area contributed by atoms with Gasteiger partial charge in [-0.05, 0) is 22.6 Å². The number of tetrazole rings is 1. The molecule has 0 aliphatic heterocycles. The minimum absolute atomic E-state index is 0.106. The van der Waals surface area contributed by atoms with Crippen LogP contribution in [0, 0.1) is 0 Å². The first kappa shape index (κ1) is 11.7. The molecule has 0 aliphatic carbocycles. The number of halogens is 1. The van der Waals surface area contributed by atoms with Gasteiger partial charge in [0.2, 0.25) is 5.91 Å². The minimum atomic E-state index is -0.143. The normalized spacial score (nSPS) is 10.2. The Hall–Kier alpha value is -1.76. The predicted molar refractivity (Wildman–Crippen MR) is 65.0 cm³/mol. The molecule has 0 saturated heterocycles. The Morgan fingerprint density at radius 1 is 1.41 bits per heavy atom. The molecule has 1 aromatic carbocycles. The maximum atomic E-state index is 11.3. The first-order valence-electron chi connectivity index (χ1n) is 4.93. The van der Waals surface area contributed by atoms with Gasteiger partial charge >= 0.3 is 0 Å². The summed E-state index contributed by atoms with van der Waals surface area (Å²) in [7, 11) is 1.58. The quantitative estimate of drug-likeness (QED) is 0.911. The number of nitrogens with zero attached hydrogens (tertiary/aromatic N) is 4. The van der Waals surface area contributed by atoms with Crippen LogP contribution >= 0.6 is 15.9 Å². The monoisotopic (exact) mass is 295 g/mol. The first-order valence-corrected chi connectivity index (χ1v) is 5.72. The van der Waals surface area contributed by atoms with Crippen molar-refractivity contribution in [2.45, 2.75) is 6.54 Å². The Morgan fingerprint density at radius 3 is 2.76 bits per heavy atom. The zero-order valence-corrected chi connectivity index (χ0v) is 10.7. The molecule has 0 radical (unpaired) electrons. The average Bonchev–Trinajstić information content (AvgIpc) is 2.78. The van der Waals surface area contributed by atoms with Gasteiger partial charge < -0.3 is 5.32 Å². The van der Waals surface area contributed by atoms with Crippen LogP contribution in [0.5, 0.6) is 0 Å². The average molecular weight is 296 g/mol. The van der Waals surface area contributed by atoms with E-state index >= 15 is 0 Å². The van der Waals surface area contributed by atoms with E-state index in [4.69, 9.17) is 0 Å². The van der Waals surface area contributed by atoms with Crippen LogP contribution in [-0.4, -0.2) is 33.2 Å². The second kappa shape index (κ2) is 5.05. The molecule has 1 amide bonds. The lowest BCUT2D eigenvalue weighted by atomic mass is 10.2. The van der Waals surface area contributed by atoms with Gasteiger partial charge in [-0.2, -0.15) is 0 Å². The largest absolute Gasteiger partial charge is 0.358 e. The van der Waals surface area contributed by atoms with E-state index in [1.54, 1.807) is 7.05 Å². The highest BCUT2D eigenvalue weighted by atomic mass is 79.9. The van der Waals surface area contributed by atoms with Crippen LogP contribution in [0.2, 0.25) is 0 Å². The van der Waals surface area contributed by atoms with Crippen molar-refractivity contribution in [2.24, 2.45) is 0 Å². The highest BCUT2D eigenvalue weighted by Crippen LogP contribution is 2.18. The summed E-state index contributed by atoms with van der Waals surface area (Å²) >= 11 is 3.36. The first-order chi connectivity index (χ1) is 8.20. The molecule has 2 aromatic rings. The van der Waals surface area contributed by atoms with Crippen LogP contribution in [-0.2, 0) is 11.3 Å². The maximum absolute atomic E-state index is 11.3. The number of likely N-dealkylation sites (N-methyl/N-ethyl adjacent to an activating group) is 1. The van der Waals surface area contributed by atoms with E-state index < -0.39 is 0 Å². The zero-order chi connectivity index (χ0) is 12.3. The van der Waals surface area contributed by atoms with Crippen molar-refractivity contribution in [1.29, 1.82) is 0 Å². The minimum Gasteiger partial charge on any atom is -0.358 e. The SMILES string of the molecule is CNC(=O)Cn1nnnc1-c1ccc(Br)cc1. The Labute approximate surface area is 106 Å². The molecule has 88 valence electrons. The van der Waals surface area contributed by atoms with Gasteiger partial charge in [0.1, 0.15) is 6.54 Å². The molecular formula is C10H10BrN5O. The molecule has 17 heavy (non-hydrogen) atoms. The van der Waals surface area contributed by atoms with Crippen LogP contribution in [0.4, 0.5) is 0 Å². The number of hydrogen-bond acceptors (Lipinski definition) is 4. The molecule has 0 aliphatic rings. The lowest BCUT2D eigenvalue weighted by Gasteiger charge is -2.03. The highest BCUT2D eigenvalue weighted by Gasteiger charge is 2.11. The number of benzene rings is 1. The molecule has 0 bridgehead atoms. The molecule has 1 aromatic heterocycles. The number of carbonyl (C=O) groups excluding carboxylic acids is 1. The second-order valence-corrected chi connectivity index (χ2v) is 4.26.